The molecule has 4 heteroatoms. The third-order valence-corrected chi connectivity index (χ3v) is 4.58. The first kappa shape index (κ1) is 17.2. The van der Waals surface area contributed by atoms with Crippen molar-refractivity contribution in [1.29, 1.82) is 0 Å². The quantitative estimate of drug-likeness (QED) is 0.586. The molecule has 2 rings (SSSR count). The van der Waals surface area contributed by atoms with Gasteiger partial charge in [0.2, 0.25) is 0 Å². The van der Waals surface area contributed by atoms with Crippen LogP contribution in [0.25, 0.3) is 0 Å². The SMILES string of the molecule is CCOC(=O)/C(C)=C1\CCC2(C\C1=C\C(C)CC)OCCO2. The zero-order chi connectivity index (χ0) is 16.2. The molecule has 1 saturated carbocycles. The average molecular weight is 308 g/mol. The summed E-state index contributed by atoms with van der Waals surface area (Å²) in [6.45, 7) is 9.80. The van der Waals surface area contributed by atoms with Gasteiger partial charge in [-0.2, -0.15) is 0 Å². The lowest BCUT2D eigenvalue weighted by Gasteiger charge is -2.35. The normalized spacial score (nSPS) is 26.3. The first-order valence-corrected chi connectivity index (χ1v) is 8.37. The molecule has 0 aromatic rings. The Morgan fingerprint density at radius 3 is 2.64 bits per heavy atom. The number of rotatable bonds is 4. The zero-order valence-corrected chi connectivity index (χ0v) is 14.2. The molecule has 1 saturated heterocycles. The van der Waals surface area contributed by atoms with E-state index in [0.29, 0.717) is 25.7 Å². The minimum Gasteiger partial charge on any atom is -0.463 e. The molecule has 0 aromatic heterocycles. The molecular formula is C18H28O4. The largest absolute Gasteiger partial charge is 0.463 e. The van der Waals surface area contributed by atoms with Crippen molar-refractivity contribution in [2.75, 3.05) is 19.8 Å². The first-order chi connectivity index (χ1) is 10.5. The van der Waals surface area contributed by atoms with E-state index in [2.05, 4.69) is 19.9 Å². The maximum atomic E-state index is 12.1. The number of carbonyl (C=O) groups excluding carboxylic acids is 1. The number of allylic oxidation sites excluding steroid dienone is 2. The van der Waals surface area contributed by atoms with Crippen molar-refractivity contribution in [3.8, 4) is 0 Å². The van der Waals surface area contributed by atoms with Gasteiger partial charge in [0, 0.05) is 18.4 Å². The fraction of sp³-hybridized carbons (Fsp3) is 0.722. The molecule has 1 unspecified atom stereocenters. The molecule has 0 aromatic carbocycles. The molecule has 0 amide bonds. The summed E-state index contributed by atoms with van der Waals surface area (Å²) in [4.78, 5) is 12.1. The van der Waals surface area contributed by atoms with Crippen molar-refractivity contribution in [2.45, 2.75) is 59.2 Å². The third kappa shape index (κ3) is 3.79. The lowest BCUT2D eigenvalue weighted by molar-refractivity contribution is -0.164. The predicted octanol–water partition coefficient (Wildman–Crippen LogP) is 3.77. The fourth-order valence-corrected chi connectivity index (χ4v) is 3.12. The third-order valence-electron chi connectivity index (χ3n) is 4.58. The molecule has 1 heterocycles. The molecule has 4 nitrogen and oxygen atoms in total. The van der Waals surface area contributed by atoms with Crippen molar-refractivity contribution in [1.82, 2.24) is 0 Å². The molecule has 1 spiro atoms. The summed E-state index contributed by atoms with van der Waals surface area (Å²) in [5.41, 5.74) is 3.03. The van der Waals surface area contributed by atoms with Crippen LogP contribution < -0.4 is 0 Å². The van der Waals surface area contributed by atoms with Crippen molar-refractivity contribution >= 4 is 5.97 Å². The second kappa shape index (κ2) is 7.42. The Kier molecular flexibility index (Phi) is 5.81. The zero-order valence-electron chi connectivity index (χ0n) is 14.2. The summed E-state index contributed by atoms with van der Waals surface area (Å²) in [5, 5.41) is 0. The van der Waals surface area contributed by atoms with Crippen LogP contribution in [0.3, 0.4) is 0 Å². The van der Waals surface area contributed by atoms with E-state index in [-0.39, 0.29) is 5.97 Å². The summed E-state index contributed by atoms with van der Waals surface area (Å²) in [5.74, 6) is -0.217. The molecule has 22 heavy (non-hydrogen) atoms. The van der Waals surface area contributed by atoms with E-state index in [0.717, 1.165) is 36.8 Å². The molecular weight excluding hydrogens is 280 g/mol. The molecule has 2 aliphatic rings. The van der Waals surface area contributed by atoms with Gasteiger partial charge >= 0.3 is 5.97 Å². The topological polar surface area (TPSA) is 44.8 Å². The summed E-state index contributed by atoms with van der Waals surface area (Å²) >= 11 is 0. The molecule has 0 N–H and O–H groups in total. The van der Waals surface area contributed by atoms with E-state index >= 15 is 0 Å². The Balaban J connectivity index is 2.30. The number of carbonyl (C=O) groups is 1. The van der Waals surface area contributed by atoms with Crippen LogP contribution in [-0.4, -0.2) is 31.6 Å². The molecule has 1 atom stereocenters. The van der Waals surface area contributed by atoms with Crippen molar-refractivity contribution in [3.05, 3.63) is 22.8 Å². The average Bonchev–Trinajstić information content (AvgIpc) is 2.95. The van der Waals surface area contributed by atoms with E-state index in [1.807, 2.05) is 13.8 Å². The Labute approximate surface area is 133 Å². The van der Waals surface area contributed by atoms with Crippen LogP contribution in [0, 0.1) is 5.92 Å². The van der Waals surface area contributed by atoms with E-state index < -0.39 is 5.79 Å². The van der Waals surface area contributed by atoms with Crippen LogP contribution in [0.2, 0.25) is 0 Å². The lowest BCUT2D eigenvalue weighted by Crippen LogP contribution is -2.35. The van der Waals surface area contributed by atoms with Gasteiger partial charge in [-0.1, -0.05) is 26.3 Å². The maximum absolute atomic E-state index is 12.1. The summed E-state index contributed by atoms with van der Waals surface area (Å²) in [6.07, 6.45) is 5.67. The van der Waals surface area contributed by atoms with Crippen LogP contribution in [0.4, 0.5) is 0 Å². The fourth-order valence-electron chi connectivity index (χ4n) is 3.12. The Bertz CT molecular complexity index is 469. The molecule has 124 valence electrons. The van der Waals surface area contributed by atoms with Gasteiger partial charge in [-0.15, -0.1) is 0 Å². The summed E-state index contributed by atoms with van der Waals surface area (Å²) in [7, 11) is 0. The maximum Gasteiger partial charge on any atom is 0.333 e. The first-order valence-electron chi connectivity index (χ1n) is 8.37. The summed E-state index contributed by atoms with van der Waals surface area (Å²) < 4.78 is 16.9. The highest BCUT2D eigenvalue weighted by Crippen LogP contribution is 2.42. The number of esters is 1. The monoisotopic (exact) mass is 308 g/mol. The number of hydrogen-bond acceptors (Lipinski definition) is 4. The Hall–Kier alpha value is -1.13. The second-order valence-corrected chi connectivity index (χ2v) is 6.19. The Morgan fingerprint density at radius 1 is 1.36 bits per heavy atom. The van der Waals surface area contributed by atoms with Crippen LogP contribution >= 0.6 is 0 Å². The highest BCUT2D eigenvalue weighted by atomic mass is 16.7. The van der Waals surface area contributed by atoms with E-state index in [1.54, 1.807) is 0 Å². The van der Waals surface area contributed by atoms with E-state index in [4.69, 9.17) is 14.2 Å². The van der Waals surface area contributed by atoms with Crippen molar-refractivity contribution in [2.24, 2.45) is 5.92 Å². The molecule has 0 radical (unpaired) electrons. The predicted molar refractivity (Wildman–Crippen MR) is 85.4 cm³/mol. The van der Waals surface area contributed by atoms with Crippen molar-refractivity contribution in [3.63, 3.8) is 0 Å². The van der Waals surface area contributed by atoms with Gasteiger partial charge in [0.15, 0.2) is 5.79 Å². The van der Waals surface area contributed by atoms with Gasteiger partial charge in [-0.25, -0.2) is 4.79 Å². The highest BCUT2D eigenvalue weighted by Gasteiger charge is 2.41. The van der Waals surface area contributed by atoms with Gasteiger partial charge in [0.25, 0.3) is 0 Å². The molecule has 1 aliphatic heterocycles. The van der Waals surface area contributed by atoms with Crippen LogP contribution in [0.1, 0.15) is 53.4 Å². The van der Waals surface area contributed by atoms with Crippen molar-refractivity contribution < 1.29 is 19.0 Å². The minimum atomic E-state index is -0.474. The van der Waals surface area contributed by atoms with Crippen LogP contribution in [0.15, 0.2) is 22.8 Å². The molecule has 1 aliphatic carbocycles. The minimum absolute atomic E-state index is 0.211. The lowest BCUT2D eigenvalue weighted by atomic mass is 9.81. The highest BCUT2D eigenvalue weighted by molar-refractivity contribution is 5.89. The Morgan fingerprint density at radius 2 is 2.05 bits per heavy atom. The number of ether oxygens (including phenoxy) is 3. The van der Waals surface area contributed by atoms with E-state index in [1.165, 1.54) is 5.57 Å². The van der Waals surface area contributed by atoms with Gasteiger partial charge in [-0.05, 0) is 37.3 Å². The van der Waals surface area contributed by atoms with E-state index in [9.17, 15) is 4.79 Å². The standard InChI is InChI=1S/C18H28O4/c1-5-13(3)11-15-12-18(21-9-10-22-18)8-7-16(15)14(4)17(19)20-6-2/h11,13H,5-10,12H2,1-4H3/b15-11-,16-14+. The van der Waals surface area contributed by atoms with Gasteiger partial charge in [0.1, 0.15) is 0 Å². The van der Waals surface area contributed by atoms with Crippen LogP contribution in [0.5, 0.6) is 0 Å². The smallest absolute Gasteiger partial charge is 0.333 e. The summed E-state index contributed by atoms with van der Waals surface area (Å²) in [6, 6.07) is 0. The second-order valence-electron chi connectivity index (χ2n) is 6.19. The molecule has 0 bridgehead atoms. The van der Waals surface area contributed by atoms with Gasteiger partial charge in [-0.3, -0.25) is 0 Å². The van der Waals surface area contributed by atoms with Gasteiger partial charge < -0.3 is 14.2 Å². The molecule has 2 fully saturated rings. The van der Waals surface area contributed by atoms with Crippen LogP contribution in [-0.2, 0) is 19.0 Å². The number of hydrogen-bond donors (Lipinski definition) is 0. The van der Waals surface area contributed by atoms with Gasteiger partial charge in [0.05, 0.1) is 19.8 Å².